The lowest BCUT2D eigenvalue weighted by Crippen LogP contribution is -2.09. The molecular weight excluding hydrogens is 226 g/mol. The summed E-state index contributed by atoms with van der Waals surface area (Å²) in [6.07, 6.45) is 3.49. The summed E-state index contributed by atoms with van der Waals surface area (Å²) in [5.74, 6) is 0. The molecule has 0 radical (unpaired) electrons. The quantitative estimate of drug-likeness (QED) is 0.897. The summed E-state index contributed by atoms with van der Waals surface area (Å²) >= 11 is 0. The molecule has 2 heterocycles. The molecule has 18 heavy (non-hydrogen) atoms. The normalized spacial score (nSPS) is 12.4. The minimum Gasteiger partial charge on any atom is -0.384 e. The molecular formula is C14H17N3O. The number of aromatic nitrogens is 3. The van der Waals surface area contributed by atoms with E-state index in [-0.39, 0.29) is 0 Å². The maximum absolute atomic E-state index is 10.5. The minimum atomic E-state index is -0.692. The van der Waals surface area contributed by atoms with E-state index in [4.69, 9.17) is 0 Å². The first-order chi connectivity index (χ1) is 8.63. The van der Waals surface area contributed by atoms with Crippen LogP contribution in [0.5, 0.6) is 0 Å². The summed E-state index contributed by atoms with van der Waals surface area (Å²) in [6, 6.07) is 3.79. The van der Waals surface area contributed by atoms with Gasteiger partial charge in [-0.25, -0.2) is 0 Å². The van der Waals surface area contributed by atoms with Gasteiger partial charge in [0, 0.05) is 23.5 Å². The monoisotopic (exact) mass is 243 g/mol. The fourth-order valence-electron chi connectivity index (χ4n) is 1.98. The lowest BCUT2D eigenvalue weighted by Gasteiger charge is -2.16. The van der Waals surface area contributed by atoms with Crippen LogP contribution >= 0.6 is 0 Å². The Balaban J connectivity index is 2.48. The lowest BCUT2D eigenvalue weighted by molar-refractivity contribution is 0.217. The Bertz CT molecular complexity index is 554. The maximum Gasteiger partial charge on any atom is 0.108 e. The molecule has 0 saturated carbocycles. The SMILES string of the molecule is CCc1nnc(C)cc1C(O)c1cnccc1C. The highest BCUT2D eigenvalue weighted by molar-refractivity contribution is 5.35. The average Bonchev–Trinajstić information content (AvgIpc) is 2.38. The molecule has 0 aliphatic carbocycles. The number of rotatable bonds is 3. The summed E-state index contributed by atoms with van der Waals surface area (Å²) in [6.45, 7) is 5.84. The zero-order chi connectivity index (χ0) is 13.1. The van der Waals surface area contributed by atoms with Crippen LogP contribution in [-0.2, 0) is 6.42 Å². The molecule has 0 fully saturated rings. The first-order valence-corrected chi connectivity index (χ1v) is 6.05. The Kier molecular flexibility index (Phi) is 3.67. The molecule has 0 bridgehead atoms. The Hall–Kier alpha value is -1.81. The van der Waals surface area contributed by atoms with Gasteiger partial charge in [0.15, 0.2) is 0 Å². The second-order valence-electron chi connectivity index (χ2n) is 4.38. The largest absolute Gasteiger partial charge is 0.384 e. The highest BCUT2D eigenvalue weighted by atomic mass is 16.3. The second-order valence-corrected chi connectivity index (χ2v) is 4.38. The molecule has 94 valence electrons. The summed E-state index contributed by atoms with van der Waals surface area (Å²) in [7, 11) is 0. The highest BCUT2D eigenvalue weighted by Crippen LogP contribution is 2.26. The molecule has 1 N–H and O–H groups in total. The number of hydrogen-bond donors (Lipinski definition) is 1. The van der Waals surface area contributed by atoms with Gasteiger partial charge in [-0.05, 0) is 38.0 Å². The number of aliphatic hydroxyl groups is 1. The Morgan fingerprint density at radius 3 is 2.67 bits per heavy atom. The van der Waals surface area contributed by atoms with E-state index in [1.54, 1.807) is 12.4 Å². The third-order valence-corrected chi connectivity index (χ3v) is 3.03. The third-order valence-electron chi connectivity index (χ3n) is 3.03. The molecule has 0 aromatic carbocycles. The molecule has 1 unspecified atom stereocenters. The summed E-state index contributed by atoms with van der Waals surface area (Å²) in [4.78, 5) is 4.07. The molecule has 4 nitrogen and oxygen atoms in total. The first-order valence-electron chi connectivity index (χ1n) is 6.05. The van der Waals surface area contributed by atoms with Crippen LogP contribution < -0.4 is 0 Å². The van der Waals surface area contributed by atoms with Crippen LogP contribution in [0.1, 0.15) is 41.1 Å². The van der Waals surface area contributed by atoms with Crippen LogP contribution in [0.3, 0.4) is 0 Å². The van der Waals surface area contributed by atoms with Crippen molar-refractivity contribution in [1.29, 1.82) is 0 Å². The Morgan fingerprint density at radius 1 is 1.22 bits per heavy atom. The number of aliphatic hydroxyl groups excluding tert-OH is 1. The van der Waals surface area contributed by atoms with E-state index in [1.807, 2.05) is 32.9 Å². The average molecular weight is 243 g/mol. The van der Waals surface area contributed by atoms with Crippen molar-refractivity contribution < 1.29 is 5.11 Å². The topological polar surface area (TPSA) is 58.9 Å². The predicted octanol–water partition coefficient (Wildman–Crippen LogP) is 2.13. The van der Waals surface area contributed by atoms with E-state index in [9.17, 15) is 5.11 Å². The van der Waals surface area contributed by atoms with Crippen LogP contribution in [-0.4, -0.2) is 20.3 Å². The molecule has 2 aromatic rings. The van der Waals surface area contributed by atoms with Crippen molar-refractivity contribution in [3.63, 3.8) is 0 Å². The van der Waals surface area contributed by atoms with Gasteiger partial charge in [0.2, 0.25) is 0 Å². The number of pyridine rings is 1. The molecule has 0 amide bonds. The number of aryl methyl sites for hydroxylation is 3. The summed E-state index contributed by atoms with van der Waals surface area (Å²) < 4.78 is 0. The van der Waals surface area contributed by atoms with Crippen LogP contribution in [0.15, 0.2) is 24.5 Å². The van der Waals surface area contributed by atoms with Gasteiger partial charge < -0.3 is 5.11 Å². The van der Waals surface area contributed by atoms with E-state index < -0.39 is 6.10 Å². The van der Waals surface area contributed by atoms with Gasteiger partial charge in [-0.15, -0.1) is 0 Å². The van der Waals surface area contributed by atoms with Gasteiger partial charge in [-0.1, -0.05) is 6.92 Å². The zero-order valence-corrected chi connectivity index (χ0v) is 10.9. The van der Waals surface area contributed by atoms with Gasteiger partial charge in [0.05, 0.1) is 11.4 Å². The zero-order valence-electron chi connectivity index (χ0n) is 10.9. The van der Waals surface area contributed by atoms with Crippen LogP contribution in [0, 0.1) is 13.8 Å². The smallest absolute Gasteiger partial charge is 0.108 e. The van der Waals surface area contributed by atoms with Crippen molar-refractivity contribution >= 4 is 0 Å². The van der Waals surface area contributed by atoms with Crippen LogP contribution in [0.4, 0.5) is 0 Å². The molecule has 0 saturated heterocycles. The number of nitrogens with zero attached hydrogens (tertiary/aromatic N) is 3. The van der Waals surface area contributed by atoms with Crippen LogP contribution in [0.2, 0.25) is 0 Å². The van der Waals surface area contributed by atoms with E-state index in [1.165, 1.54) is 0 Å². The minimum absolute atomic E-state index is 0.692. The van der Waals surface area contributed by atoms with Gasteiger partial charge in [-0.3, -0.25) is 4.98 Å². The van der Waals surface area contributed by atoms with Gasteiger partial charge in [-0.2, -0.15) is 10.2 Å². The van der Waals surface area contributed by atoms with Gasteiger partial charge in [0.1, 0.15) is 6.10 Å². The highest BCUT2D eigenvalue weighted by Gasteiger charge is 2.17. The van der Waals surface area contributed by atoms with Gasteiger partial charge >= 0.3 is 0 Å². The molecule has 0 aliphatic rings. The molecule has 0 aliphatic heterocycles. The first kappa shape index (κ1) is 12.6. The fourth-order valence-corrected chi connectivity index (χ4v) is 1.98. The van der Waals surface area contributed by atoms with E-state index in [0.29, 0.717) is 0 Å². The van der Waals surface area contributed by atoms with E-state index in [2.05, 4.69) is 15.2 Å². The van der Waals surface area contributed by atoms with E-state index in [0.717, 1.165) is 34.5 Å². The Morgan fingerprint density at radius 2 is 2.00 bits per heavy atom. The summed E-state index contributed by atoms with van der Waals surface area (Å²) in [5.41, 5.74) is 4.30. The maximum atomic E-state index is 10.5. The van der Waals surface area contributed by atoms with Crippen molar-refractivity contribution in [2.75, 3.05) is 0 Å². The predicted molar refractivity (Wildman–Crippen MR) is 69.2 cm³/mol. The van der Waals surface area contributed by atoms with Crippen molar-refractivity contribution in [1.82, 2.24) is 15.2 Å². The lowest BCUT2D eigenvalue weighted by atomic mass is 9.97. The van der Waals surface area contributed by atoms with Crippen molar-refractivity contribution in [3.05, 3.63) is 52.6 Å². The molecule has 2 aromatic heterocycles. The van der Waals surface area contributed by atoms with Crippen molar-refractivity contribution in [3.8, 4) is 0 Å². The Labute approximate surface area is 107 Å². The second kappa shape index (κ2) is 5.23. The van der Waals surface area contributed by atoms with Crippen molar-refractivity contribution in [2.24, 2.45) is 0 Å². The van der Waals surface area contributed by atoms with Crippen LogP contribution in [0.25, 0.3) is 0 Å². The molecule has 2 rings (SSSR count). The van der Waals surface area contributed by atoms with E-state index >= 15 is 0 Å². The summed E-state index contributed by atoms with van der Waals surface area (Å²) in [5, 5.41) is 18.7. The fraction of sp³-hybridized carbons (Fsp3) is 0.357. The number of hydrogen-bond acceptors (Lipinski definition) is 4. The molecule has 4 heteroatoms. The molecule has 0 spiro atoms. The van der Waals surface area contributed by atoms with Crippen molar-refractivity contribution in [2.45, 2.75) is 33.3 Å². The van der Waals surface area contributed by atoms with Gasteiger partial charge in [0.25, 0.3) is 0 Å². The third kappa shape index (κ3) is 2.38. The molecule has 1 atom stereocenters. The standard InChI is InChI=1S/C14H17N3O/c1-4-13-11(7-10(3)16-17-13)14(18)12-8-15-6-5-9(12)2/h5-8,14,18H,4H2,1-3H3.